The fraction of sp³-hybridized carbons (Fsp3) is 0.412. The second kappa shape index (κ2) is 6.47. The number of hydrogen-bond acceptors (Lipinski definition) is 1. The summed E-state index contributed by atoms with van der Waals surface area (Å²) < 4.78 is 2.35. The van der Waals surface area contributed by atoms with Crippen LogP contribution in [0.25, 0.3) is 0 Å². The van der Waals surface area contributed by atoms with Crippen LogP contribution in [-0.2, 0) is 13.1 Å². The third-order valence-electron chi connectivity index (χ3n) is 3.96. The first-order chi connectivity index (χ1) is 9.52. The van der Waals surface area contributed by atoms with Crippen LogP contribution in [0.4, 0.5) is 0 Å². The van der Waals surface area contributed by atoms with Crippen molar-refractivity contribution in [2.45, 2.75) is 46.8 Å². The molecule has 2 rings (SSSR count). The van der Waals surface area contributed by atoms with Crippen molar-refractivity contribution in [3.8, 4) is 0 Å². The predicted octanol–water partition coefficient (Wildman–Crippen LogP) is 4.63. The van der Waals surface area contributed by atoms with Crippen molar-refractivity contribution in [3.63, 3.8) is 0 Å². The van der Waals surface area contributed by atoms with Crippen LogP contribution in [0.2, 0.25) is 5.02 Å². The van der Waals surface area contributed by atoms with Gasteiger partial charge in [0.1, 0.15) is 0 Å². The molecule has 2 nitrogen and oxygen atoms in total. The maximum Gasteiger partial charge on any atom is 0.0406 e. The molecular formula is C17H23ClN2. The first kappa shape index (κ1) is 15.1. The van der Waals surface area contributed by atoms with Gasteiger partial charge in [-0.05, 0) is 57.0 Å². The van der Waals surface area contributed by atoms with Gasteiger partial charge < -0.3 is 9.88 Å². The minimum absolute atomic E-state index is 0.317. The summed E-state index contributed by atoms with van der Waals surface area (Å²) in [5.74, 6) is 0. The minimum atomic E-state index is 0.317. The molecule has 0 amide bonds. The highest BCUT2D eigenvalue weighted by Gasteiger charge is 2.10. The van der Waals surface area contributed by atoms with Gasteiger partial charge in [0.25, 0.3) is 0 Å². The lowest BCUT2D eigenvalue weighted by atomic mass is 10.1. The summed E-state index contributed by atoms with van der Waals surface area (Å²) >= 11 is 5.92. The molecule has 0 aliphatic heterocycles. The van der Waals surface area contributed by atoms with E-state index in [1.165, 1.54) is 22.5 Å². The number of halogens is 1. The molecule has 0 radical (unpaired) electrons. The summed E-state index contributed by atoms with van der Waals surface area (Å²) in [6.07, 6.45) is 0. The Labute approximate surface area is 126 Å². The molecule has 0 aliphatic rings. The average Bonchev–Trinajstić information content (AvgIpc) is 2.71. The second-order valence-electron chi connectivity index (χ2n) is 5.29. The fourth-order valence-corrected chi connectivity index (χ4v) is 2.80. The van der Waals surface area contributed by atoms with Crippen molar-refractivity contribution in [2.75, 3.05) is 0 Å². The molecule has 20 heavy (non-hydrogen) atoms. The van der Waals surface area contributed by atoms with E-state index in [0.29, 0.717) is 6.04 Å². The molecule has 0 unspecified atom stereocenters. The fourth-order valence-electron chi connectivity index (χ4n) is 2.67. The molecule has 2 aromatic rings. The first-order valence-corrected chi connectivity index (χ1v) is 7.55. The van der Waals surface area contributed by atoms with E-state index in [1.807, 2.05) is 12.1 Å². The first-order valence-electron chi connectivity index (χ1n) is 7.17. The number of rotatable bonds is 5. The lowest BCUT2D eigenvalue weighted by Gasteiger charge is -2.14. The number of nitrogens with one attached hydrogen (secondary N) is 1. The van der Waals surface area contributed by atoms with Crippen LogP contribution in [0.3, 0.4) is 0 Å². The number of nitrogens with zero attached hydrogens (tertiary/aromatic N) is 1. The van der Waals surface area contributed by atoms with Crippen LogP contribution in [0, 0.1) is 13.8 Å². The quantitative estimate of drug-likeness (QED) is 0.849. The molecule has 1 aromatic carbocycles. The van der Waals surface area contributed by atoms with Gasteiger partial charge in [-0.2, -0.15) is 0 Å². The van der Waals surface area contributed by atoms with Gasteiger partial charge >= 0.3 is 0 Å². The Balaban J connectivity index is 2.03. The van der Waals surface area contributed by atoms with Crippen LogP contribution in [0.1, 0.15) is 42.4 Å². The van der Waals surface area contributed by atoms with Gasteiger partial charge in [0.2, 0.25) is 0 Å². The number of aryl methyl sites for hydroxylation is 1. The molecule has 108 valence electrons. The third kappa shape index (κ3) is 3.25. The molecule has 0 aliphatic carbocycles. The maximum atomic E-state index is 5.92. The summed E-state index contributed by atoms with van der Waals surface area (Å²) in [7, 11) is 0. The van der Waals surface area contributed by atoms with Crippen molar-refractivity contribution in [1.82, 2.24) is 9.88 Å². The highest BCUT2D eigenvalue weighted by atomic mass is 35.5. The van der Waals surface area contributed by atoms with E-state index in [1.54, 1.807) is 0 Å². The van der Waals surface area contributed by atoms with E-state index in [9.17, 15) is 0 Å². The Hall–Kier alpha value is -1.25. The molecule has 1 heterocycles. The topological polar surface area (TPSA) is 17.0 Å². The molecule has 0 spiro atoms. The normalized spacial score (nSPS) is 12.7. The molecule has 0 bridgehead atoms. The van der Waals surface area contributed by atoms with Gasteiger partial charge in [0.05, 0.1) is 0 Å². The minimum Gasteiger partial charge on any atom is -0.349 e. The van der Waals surface area contributed by atoms with Gasteiger partial charge in [0.15, 0.2) is 0 Å². The third-order valence-corrected chi connectivity index (χ3v) is 4.22. The summed E-state index contributed by atoms with van der Waals surface area (Å²) in [5, 5.41) is 4.37. The molecule has 0 saturated carbocycles. The molecular weight excluding hydrogens is 268 g/mol. The molecule has 0 fully saturated rings. The lowest BCUT2D eigenvalue weighted by Crippen LogP contribution is -2.18. The van der Waals surface area contributed by atoms with Gasteiger partial charge in [-0.15, -0.1) is 0 Å². The second-order valence-corrected chi connectivity index (χ2v) is 5.73. The van der Waals surface area contributed by atoms with E-state index < -0.39 is 0 Å². The summed E-state index contributed by atoms with van der Waals surface area (Å²) in [5.41, 5.74) is 5.34. The highest BCUT2D eigenvalue weighted by molar-refractivity contribution is 6.30. The van der Waals surface area contributed by atoms with Crippen LogP contribution in [0.5, 0.6) is 0 Å². The largest absolute Gasteiger partial charge is 0.349 e. The SMILES string of the molecule is CCn1c(C)cc(CN[C@H](C)c2ccc(Cl)cc2)c1C. The summed E-state index contributed by atoms with van der Waals surface area (Å²) in [6, 6.07) is 10.6. The standard InChI is InChI=1S/C17H23ClN2/c1-5-20-12(2)10-16(14(20)4)11-19-13(3)15-6-8-17(18)9-7-15/h6-10,13,19H,5,11H2,1-4H3/t13-/m1/s1. The van der Waals surface area contributed by atoms with Gasteiger partial charge in [-0.3, -0.25) is 0 Å². The Morgan fingerprint density at radius 2 is 1.85 bits per heavy atom. The zero-order chi connectivity index (χ0) is 14.7. The Morgan fingerprint density at radius 1 is 1.20 bits per heavy atom. The maximum absolute atomic E-state index is 5.92. The van der Waals surface area contributed by atoms with Crippen molar-refractivity contribution < 1.29 is 0 Å². The summed E-state index contributed by atoms with van der Waals surface area (Å²) in [4.78, 5) is 0. The zero-order valence-corrected chi connectivity index (χ0v) is 13.5. The molecule has 1 aromatic heterocycles. The highest BCUT2D eigenvalue weighted by Crippen LogP contribution is 2.19. The van der Waals surface area contributed by atoms with Crippen LogP contribution < -0.4 is 5.32 Å². The van der Waals surface area contributed by atoms with Crippen LogP contribution >= 0.6 is 11.6 Å². The molecule has 3 heteroatoms. The molecule has 0 saturated heterocycles. The number of aromatic nitrogens is 1. The monoisotopic (exact) mass is 290 g/mol. The Morgan fingerprint density at radius 3 is 2.40 bits per heavy atom. The van der Waals surface area contributed by atoms with Crippen molar-refractivity contribution in [3.05, 3.63) is 57.9 Å². The predicted molar refractivity (Wildman–Crippen MR) is 86.3 cm³/mol. The van der Waals surface area contributed by atoms with Crippen LogP contribution in [-0.4, -0.2) is 4.57 Å². The molecule has 1 N–H and O–H groups in total. The zero-order valence-electron chi connectivity index (χ0n) is 12.7. The van der Waals surface area contributed by atoms with E-state index in [-0.39, 0.29) is 0 Å². The van der Waals surface area contributed by atoms with E-state index in [4.69, 9.17) is 11.6 Å². The lowest BCUT2D eigenvalue weighted by molar-refractivity contribution is 0.571. The van der Waals surface area contributed by atoms with Gasteiger partial charge in [-0.1, -0.05) is 23.7 Å². The van der Waals surface area contributed by atoms with Crippen LogP contribution in [0.15, 0.2) is 30.3 Å². The van der Waals surface area contributed by atoms with Gasteiger partial charge in [0, 0.05) is 35.5 Å². The Bertz CT molecular complexity index is 569. The van der Waals surface area contributed by atoms with Crippen molar-refractivity contribution >= 4 is 11.6 Å². The Kier molecular flexibility index (Phi) is 4.90. The van der Waals surface area contributed by atoms with E-state index in [0.717, 1.165) is 18.1 Å². The van der Waals surface area contributed by atoms with Crippen molar-refractivity contribution in [2.24, 2.45) is 0 Å². The number of hydrogen-bond donors (Lipinski definition) is 1. The van der Waals surface area contributed by atoms with Crippen molar-refractivity contribution in [1.29, 1.82) is 0 Å². The van der Waals surface area contributed by atoms with E-state index in [2.05, 4.69) is 55.8 Å². The smallest absolute Gasteiger partial charge is 0.0406 e. The average molecular weight is 291 g/mol. The molecule has 1 atom stereocenters. The van der Waals surface area contributed by atoms with E-state index >= 15 is 0 Å². The summed E-state index contributed by atoms with van der Waals surface area (Å²) in [6.45, 7) is 10.7. The van der Waals surface area contributed by atoms with Gasteiger partial charge in [-0.25, -0.2) is 0 Å². The number of benzene rings is 1.